The topological polar surface area (TPSA) is 0 Å². The van der Waals surface area contributed by atoms with Crippen LogP contribution in [0.4, 0.5) is 0 Å². The Morgan fingerprint density at radius 2 is 1.66 bits per heavy atom. The van der Waals surface area contributed by atoms with E-state index in [1.807, 2.05) is 11.8 Å². The second-order valence-corrected chi connectivity index (χ2v) is 10.6. The molecule has 0 saturated carbocycles. The molecule has 0 bridgehead atoms. The van der Waals surface area contributed by atoms with E-state index in [4.69, 9.17) is 0 Å². The summed E-state index contributed by atoms with van der Waals surface area (Å²) in [7, 11) is 1.21. The zero-order valence-corrected chi connectivity index (χ0v) is 20.9. The van der Waals surface area contributed by atoms with Gasteiger partial charge in [-0.25, -0.2) is 0 Å². The van der Waals surface area contributed by atoms with Crippen LogP contribution in [0.1, 0.15) is 50.8 Å². The van der Waals surface area contributed by atoms with Crippen molar-refractivity contribution < 1.29 is 0 Å². The van der Waals surface area contributed by atoms with Crippen LogP contribution in [-0.4, -0.2) is 10.2 Å². The predicted octanol–water partition coefficient (Wildman–Crippen LogP) is 7.05. The molecule has 3 aliphatic rings. The first-order valence-corrected chi connectivity index (χ1v) is 12.6. The van der Waals surface area contributed by atoms with Crippen molar-refractivity contribution in [1.29, 1.82) is 0 Å². The third kappa shape index (κ3) is 3.76. The van der Waals surface area contributed by atoms with Gasteiger partial charge in [0.1, 0.15) is 0 Å². The summed E-state index contributed by atoms with van der Waals surface area (Å²) < 4.78 is 0. The Morgan fingerprint density at radius 3 is 2.34 bits per heavy atom. The van der Waals surface area contributed by atoms with E-state index < -0.39 is 0 Å². The van der Waals surface area contributed by atoms with E-state index in [9.17, 15) is 0 Å². The highest BCUT2D eigenvalue weighted by atomic mass is 32.2. The van der Waals surface area contributed by atoms with Gasteiger partial charge in [0.15, 0.2) is 0 Å². The lowest BCUT2D eigenvalue weighted by Gasteiger charge is -2.10. The number of hydrogen-bond acceptors (Lipinski definition) is 1. The molecule has 29 heavy (non-hydrogen) atoms. The fourth-order valence-electron chi connectivity index (χ4n) is 4.60. The van der Waals surface area contributed by atoms with Crippen LogP contribution < -0.4 is 0 Å². The molecule has 148 valence electrons. The molecule has 2 atom stereocenters. The number of benzene rings is 2. The van der Waals surface area contributed by atoms with E-state index in [0.717, 1.165) is 0 Å². The van der Waals surface area contributed by atoms with Crippen LogP contribution in [0.15, 0.2) is 87.2 Å². The van der Waals surface area contributed by atoms with Crippen LogP contribution in [0.25, 0.3) is 17.2 Å². The molecular weight excluding hydrogens is 384 g/mol. The molecule has 0 nitrogen and oxygen atoms in total. The first kappa shape index (κ1) is 20.2. The van der Waals surface area contributed by atoms with Gasteiger partial charge in [-0.2, -0.15) is 0 Å². The minimum Gasteiger partial charge on any atom is -0.0981 e. The molecule has 2 aromatic carbocycles. The Morgan fingerprint density at radius 1 is 0.897 bits per heavy atom. The van der Waals surface area contributed by atoms with Gasteiger partial charge in [-0.15, -0.1) is 0 Å². The summed E-state index contributed by atoms with van der Waals surface area (Å²) in [4.78, 5) is 3.13. The third-order valence-corrected chi connectivity index (χ3v) is 9.43. The summed E-state index contributed by atoms with van der Waals surface area (Å²) in [6.45, 7) is 9.01. The maximum atomic E-state index is 2.37. The van der Waals surface area contributed by atoms with Crippen LogP contribution in [0.5, 0.6) is 0 Å². The smallest absolute Gasteiger partial charge is 0.0329 e. The van der Waals surface area contributed by atoms with Crippen molar-refractivity contribution in [3.63, 3.8) is 0 Å². The van der Waals surface area contributed by atoms with Gasteiger partial charge in [-0.05, 0) is 59.9 Å². The molecule has 0 spiro atoms. The van der Waals surface area contributed by atoms with Gasteiger partial charge in [-0.3, -0.25) is 0 Å². The van der Waals surface area contributed by atoms with Crippen molar-refractivity contribution in [3.05, 3.63) is 98.3 Å². The summed E-state index contributed by atoms with van der Waals surface area (Å²) in [6.07, 6.45) is 8.09. The Hall–Kier alpha value is -2.03. The maximum Gasteiger partial charge on any atom is 0.0329 e. The summed E-state index contributed by atoms with van der Waals surface area (Å²) in [5, 5.41) is 0. The SMILES string of the molecule is CC1=Cc2c(-c3ccccc3)cccc2C1[SiH3].CCC1=C(C)C2C(C)=CC=C2S1. The van der Waals surface area contributed by atoms with Crippen LogP contribution in [0, 0.1) is 5.92 Å². The minimum atomic E-state index is 0.657. The molecular formula is C27H30SSi. The Bertz CT molecular complexity index is 1050. The van der Waals surface area contributed by atoms with Crippen molar-refractivity contribution in [3.8, 4) is 11.1 Å². The van der Waals surface area contributed by atoms with E-state index in [2.05, 4.69) is 94.5 Å². The second kappa shape index (κ2) is 8.37. The highest BCUT2D eigenvalue weighted by molar-refractivity contribution is 8.07. The van der Waals surface area contributed by atoms with Crippen LogP contribution in [-0.2, 0) is 0 Å². The lowest BCUT2D eigenvalue weighted by molar-refractivity contribution is 0.895. The maximum absolute atomic E-state index is 2.37. The average Bonchev–Trinajstić information content (AvgIpc) is 3.37. The Kier molecular flexibility index (Phi) is 5.85. The minimum absolute atomic E-state index is 0.657. The average molecular weight is 415 g/mol. The number of allylic oxidation sites excluding steroid dienone is 7. The molecule has 0 saturated heterocycles. The molecule has 2 unspecified atom stereocenters. The van der Waals surface area contributed by atoms with Crippen LogP contribution in [0.2, 0.25) is 0 Å². The van der Waals surface area contributed by atoms with E-state index >= 15 is 0 Å². The zero-order valence-electron chi connectivity index (χ0n) is 18.1. The first-order valence-electron chi connectivity index (χ1n) is 10.6. The number of fused-ring (bicyclic) bond motifs is 2. The quantitative estimate of drug-likeness (QED) is 0.474. The molecule has 0 fully saturated rings. The Balaban J connectivity index is 0.000000150. The van der Waals surface area contributed by atoms with Crippen molar-refractivity contribution in [1.82, 2.24) is 0 Å². The predicted molar refractivity (Wildman–Crippen MR) is 134 cm³/mol. The van der Waals surface area contributed by atoms with Gasteiger partial charge in [0.2, 0.25) is 0 Å². The highest BCUT2D eigenvalue weighted by Gasteiger charge is 2.30. The molecule has 5 rings (SSSR count). The van der Waals surface area contributed by atoms with Gasteiger partial charge < -0.3 is 0 Å². The summed E-state index contributed by atoms with van der Waals surface area (Å²) >= 11 is 1.98. The third-order valence-electron chi connectivity index (χ3n) is 6.43. The summed E-state index contributed by atoms with van der Waals surface area (Å²) in [6, 6.07) is 17.4. The molecule has 1 heterocycles. The Labute approximate surface area is 182 Å². The van der Waals surface area contributed by atoms with E-state index in [1.54, 1.807) is 15.4 Å². The van der Waals surface area contributed by atoms with Crippen LogP contribution >= 0.6 is 11.8 Å². The van der Waals surface area contributed by atoms with Gasteiger partial charge in [-0.1, -0.05) is 102 Å². The van der Waals surface area contributed by atoms with Gasteiger partial charge in [0.25, 0.3) is 0 Å². The zero-order chi connectivity index (χ0) is 20.5. The standard InChI is InChI=1S/C16H16Si.C11H14S/c1-11-10-15-13(12-6-3-2-4-7-12)8-5-9-14(15)16(11)17;1-4-9-8(3)11-7(2)5-6-10(11)12-9/h2-10,16H,1,17H3;5-6,11H,4H2,1-3H3. The fourth-order valence-corrected chi connectivity index (χ4v) is 6.60. The number of rotatable bonds is 2. The van der Waals surface area contributed by atoms with Crippen LogP contribution in [0.3, 0.4) is 0 Å². The van der Waals surface area contributed by atoms with Gasteiger partial charge in [0.05, 0.1) is 0 Å². The van der Waals surface area contributed by atoms with Gasteiger partial charge >= 0.3 is 0 Å². The van der Waals surface area contributed by atoms with Crippen molar-refractivity contribution in [2.24, 2.45) is 5.92 Å². The van der Waals surface area contributed by atoms with Crippen molar-refractivity contribution >= 4 is 28.1 Å². The lowest BCUT2D eigenvalue weighted by atomic mass is 9.95. The molecule has 1 aliphatic heterocycles. The molecule has 0 radical (unpaired) electrons. The summed E-state index contributed by atoms with van der Waals surface area (Å²) in [5.41, 5.74) is 11.0. The summed E-state index contributed by atoms with van der Waals surface area (Å²) in [5.74, 6) is 0.657. The van der Waals surface area contributed by atoms with E-state index in [0.29, 0.717) is 11.5 Å². The monoisotopic (exact) mass is 414 g/mol. The molecule has 2 heteroatoms. The number of thioether (sulfide) groups is 1. The van der Waals surface area contributed by atoms with Crippen molar-refractivity contribution in [2.75, 3.05) is 0 Å². The fraction of sp³-hybridized carbons (Fsp3) is 0.259. The lowest BCUT2D eigenvalue weighted by Crippen LogP contribution is -1.96. The molecule has 2 aliphatic carbocycles. The molecule has 2 aromatic rings. The molecule has 0 amide bonds. The first-order chi connectivity index (χ1) is 14.0. The highest BCUT2D eigenvalue weighted by Crippen LogP contribution is 2.51. The normalized spacial score (nSPS) is 21.9. The molecule has 0 N–H and O–H groups in total. The molecule has 0 aromatic heterocycles. The second-order valence-electron chi connectivity index (χ2n) is 8.26. The van der Waals surface area contributed by atoms with E-state index in [-0.39, 0.29) is 0 Å². The largest absolute Gasteiger partial charge is 0.0981 e. The number of hydrogen-bond donors (Lipinski definition) is 0. The van der Waals surface area contributed by atoms with E-state index in [1.165, 1.54) is 50.1 Å². The van der Waals surface area contributed by atoms with Crippen molar-refractivity contribution in [2.45, 2.75) is 39.7 Å². The van der Waals surface area contributed by atoms with Gasteiger partial charge in [0, 0.05) is 21.1 Å².